The Morgan fingerprint density at radius 1 is 0.714 bits per heavy atom. The summed E-state index contributed by atoms with van der Waals surface area (Å²) in [5.41, 5.74) is 1.74. The number of benzene rings is 2. The van der Waals surface area contributed by atoms with E-state index >= 15 is 0 Å². The summed E-state index contributed by atoms with van der Waals surface area (Å²) in [4.78, 5) is 29.9. The predicted octanol–water partition coefficient (Wildman–Crippen LogP) is 4.35. The number of rotatable bonds is 6. The molecular formula is C20H20N4O4. The first-order chi connectivity index (χ1) is 13.5. The fraction of sp³-hybridized carbons (Fsp3) is 0.300. The van der Waals surface area contributed by atoms with Crippen molar-refractivity contribution in [3.63, 3.8) is 0 Å². The van der Waals surface area contributed by atoms with Crippen LogP contribution in [0.5, 0.6) is 0 Å². The van der Waals surface area contributed by atoms with Gasteiger partial charge in [0.1, 0.15) is 0 Å². The van der Waals surface area contributed by atoms with Crippen molar-refractivity contribution >= 4 is 23.8 Å². The van der Waals surface area contributed by atoms with Gasteiger partial charge in [-0.15, -0.1) is 0 Å². The molecule has 28 heavy (non-hydrogen) atoms. The van der Waals surface area contributed by atoms with E-state index in [0.717, 1.165) is 36.8 Å². The molecule has 1 saturated carbocycles. The van der Waals surface area contributed by atoms with Crippen molar-refractivity contribution in [2.45, 2.75) is 37.8 Å². The Labute approximate surface area is 161 Å². The van der Waals surface area contributed by atoms with E-state index in [-0.39, 0.29) is 23.5 Å². The summed E-state index contributed by atoms with van der Waals surface area (Å²) in [6.07, 6.45) is 7.54. The summed E-state index contributed by atoms with van der Waals surface area (Å²) in [6.45, 7) is 0. The molecular weight excluding hydrogens is 360 g/mol. The third-order valence-corrected chi connectivity index (χ3v) is 4.73. The topological polar surface area (TPSA) is 111 Å². The second-order valence-electron chi connectivity index (χ2n) is 6.67. The average molecular weight is 380 g/mol. The predicted molar refractivity (Wildman–Crippen MR) is 107 cm³/mol. The number of hydrogen-bond donors (Lipinski definition) is 0. The molecule has 3 rings (SSSR count). The summed E-state index contributed by atoms with van der Waals surface area (Å²) in [5, 5.41) is 21.4. The number of aliphatic imine (C=N–C) groups is 2. The number of nitro groups is 2. The molecule has 1 aliphatic carbocycles. The van der Waals surface area contributed by atoms with Gasteiger partial charge in [0.25, 0.3) is 11.4 Å². The van der Waals surface area contributed by atoms with Gasteiger partial charge < -0.3 is 0 Å². The van der Waals surface area contributed by atoms with Crippen LogP contribution >= 0.6 is 0 Å². The second-order valence-corrected chi connectivity index (χ2v) is 6.67. The van der Waals surface area contributed by atoms with Crippen LogP contribution in [0.4, 0.5) is 11.4 Å². The molecule has 1 aliphatic rings. The molecule has 144 valence electrons. The zero-order chi connectivity index (χ0) is 19.9. The molecule has 0 aliphatic heterocycles. The van der Waals surface area contributed by atoms with Crippen molar-refractivity contribution < 1.29 is 9.85 Å². The van der Waals surface area contributed by atoms with Crippen LogP contribution in [0.1, 0.15) is 36.8 Å². The molecule has 8 nitrogen and oxygen atoms in total. The molecule has 0 amide bonds. The van der Waals surface area contributed by atoms with Gasteiger partial charge in [-0.2, -0.15) is 0 Å². The van der Waals surface area contributed by atoms with E-state index < -0.39 is 9.85 Å². The van der Waals surface area contributed by atoms with Crippen LogP contribution in [-0.4, -0.2) is 34.4 Å². The largest absolute Gasteiger partial charge is 0.287 e. The maximum atomic E-state index is 10.7. The number of hydrogen-bond acceptors (Lipinski definition) is 6. The van der Waals surface area contributed by atoms with E-state index in [1.54, 1.807) is 36.7 Å². The summed E-state index contributed by atoms with van der Waals surface area (Å²) < 4.78 is 0. The maximum absolute atomic E-state index is 10.7. The van der Waals surface area contributed by atoms with Crippen molar-refractivity contribution in [3.05, 3.63) is 79.9 Å². The first-order valence-corrected chi connectivity index (χ1v) is 9.08. The quantitative estimate of drug-likeness (QED) is 0.421. The zero-order valence-electron chi connectivity index (χ0n) is 15.2. The molecule has 0 radical (unpaired) electrons. The number of nitrogens with zero attached hydrogens (tertiary/aromatic N) is 4. The van der Waals surface area contributed by atoms with Gasteiger partial charge in [-0.3, -0.25) is 30.2 Å². The standard InChI is InChI=1S/C20H20N4O4/c25-23(26)17-9-5-15(6-10-17)13-21-19-3-1-2-4-20(19)22-14-16-7-11-18(12-8-16)24(27)28/h5-14,19-20H,1-4H2/b21-13+,22-14+. The van der Waals surface area contributed by atoms with Crippen LogP contribution in [0.15, 0.2) is 58.5 Å². The maximum Gasteiger partial charge on any atom is 0.269 e. The van der Waals surface area contributed by atoms with Crippen molar-refractivity contribution in [1.82, 2.24) is 0 Å². The lowest BCUT2D eigenvalue weighted by Gasteiger charge is -2.25. The average Bonchev–Trinajstić information content (AvgIpc) is 2.72. The first kappa shape index (κ1) is 19.3. The van der Waals surface area contributed by atoms with Gasteiger partial charge in [-0.1, -0.05) is 12.8 Å². The second kappa shape index (κ2) is 8.98. The van der Waals surface area contributed by atoms with Crippen LogP contribution in [0, 0.1) is 20.2 Å². The highest BCUT2D eigenvalue weighted by Crippen LogP contribution is 2.24. The van der Waals surface area contributed by atoms with Crippen LogP contribution in [-0.2, 0) is 0 Å². The molecule has 2 aromatic carbocycles. The minimum atomic E-state index is -0.426. The molecule has 0 N–H and O–H groups in total. The molecule has 8 heteroatoms. The molecule has 0 saturated heterocycles. The Hall–Kier alpha value is -3.42. The van der Waals surface area contributed by atoms with Gasteiger partial charge in [0.15, 0.2) is 0 Å². The first-order valence-electron chi connectivity index (χ1n) is 9.08. The SMILES string of the molecule is O=[N+]([O-])c1ccc(/C=N/C2CCCCC2/N=C/c2ccc([N+](=O)[O-])cc2)cc1. The van der Waals surface area contributed by atoms with E-state index in [2.05, 4.69) is 9.98 Å². The smallest absolute Gasteiger partial charge is 0.269 e. The van der Waals surface area contributed by atoms with E-state index in [0.29, 0.717) is 0 Å². The minimum Gasteiger partial charge on any atom is -0.287 e. The molecule has 0 bridgehead atoms. The van der Waals surface area contributed by atoms with Gasteiger partial charge in [-0.25, -0.2) is 0 Å². The Kier molecular flexibility index (Phi) is 6.21. The fourth-order valence-electron chi connectivity index (χ4n) is 3.17. The molecule has 2 aromatic rings. The lowest BCUT2D eigenvalue weighted by molar-refractivity contribution is -0.385. The Balaban J connectivity index is 1.67. The van der Waals surface area contributed by atoms with Gasteiger partial charge in [0.05, 0.1) is 21.9 Å². The van der Waals surface area contributed by atoms with Gasteiger partial charge >= 0.3 is 0 Å². The van der Waals surface area contributed by atoms with Crippen LogP contribution in [0.25, 0.3) is 0 Å². The number of nitro benzene ring substituents is 2. The lowest BCUT2D eigenvalue weighted by Crippen LogP contribution is -2.27. The van der Waals surface area contributed by atoms with Crippen LogP contribution in [0.2, 0.25) is 0 Å². The molecule has 0 spiro atoms. The van der Waals surface area contributed by atoms with Crippen LogP contribution in [0.3, 0.4) is 0 Å². The minimum absolute atomic E-state index is 0.0539. The third-order valence-electron chi connectivity index (χ3n) is 4.73. The van der Waals surface area contributed by atoms with Crippen molar-refractivity contribution in [1.29, 1.82) is 0 Å². The normalized spacial score (nSPS) is 19.9. The lowest BCUT2D eigenvalue weighted by atomic mass is 9.91. The van der Waals surface area contributed by atoms with Gasteiger partial charge in [0, 0.05) is 36.7 Å². The highest BCUT2D eigenvalue weighted by Gasteiger charge is 2.23. The Morgan fingerprint density at radius 3 is 1.39 bits per heavy atom. The monoisotopic (exact) mass is 380 g/mol. The van der Waals surface area contributed by atoms with Crippen LogP contribution < -0.4 is 0 Å². The molecule has 2 unspecified atom stereocenters. The molecule has 0 aromatic heterocycles. The van der Waals surface area contributed by atoms with E-state index in [9.17, 15) is 20.2 Å². The summed E-state index contributed by atoms with van der Waals surface area (Å²) in [5.74, 6) is 0. The van der Waals surface area contributed by atoms with Gasteiger partial charge in [-0.05, 0) is 48.2 Å². The Bertz CT molecular complexity index is 816. The fourth-order valence-corrected chi connectivity index (χ4v) is 3.17. The summed E-state index contributed by atoms with van der Waals surface area (Å²) >= 11 is 0. The highest BCUT2D eigenvalue weighted by molar-refractivity contribution is 5.81. The molecule has 0 heterocycles. The summed E-state index contributed by atoms with van der Waals surface area (Å²) in [6, 6.07) is 12.7. The van der Waals surface area contributed by atoms with Crippen molar-refractivity contribution in [2.75, 3.05) is 0 Å². The highest BCUT2D eigenvalue weighted by atomic mass is 16.6. The van der Waals surface area contributed by atoms with Crippen molar-refractivity contribution in [3.8, 4) is 0 Å². The molecule has 1 fully saturated rings. The third kappa shape index (κ3) is 5.06. The van der Waals surface area contributed by atoms with E-state index in [1.807, 2.05) is 0 Å². The van der Waals surface area contributed by atoms with E-state index in [1.165, 1.54) is 24.3 Å². The summed E-state index contributed by atoms with van der Waals surface area (Å²) in [7, 11) is 0. The zero-order valence-corrected chi connectivity index (χ0v) is 15.2. The van der Waals surface area contributed by atoms with E-state index in [4.69, 9.17) is 0 Å². The number of non-ortho nitro benzene ring substituents is 2. The molecule has 2 atom stereocenters. The van der Waals surface area contributed by atoms with Gasteiger partial charge in [0.2, 0.25) is 0 Å². The Morgan fingerprint density at radius 2 is 1.07 bits per heavy atom. The van der Waals surface area contributed by atoms with Crippen molar-refractivity contribution in [2.24, 2.45) is 9.98 Å².